The van der Waals surface area contributed by atoms with Crippen molar-refractivity contribution in [2.45, 2.75) is 39.0 Å². The lowest BCUT2D eigenvalue weighted by atomic mass is 9.90. The molecular weight excluding hydrogens is 400 g/mol. The van der Waals surface area contributed by atoms with E-state index in [4.69, 9.17) is 9.47 Å². The summed E-state index contributed by atoms with van der Waals surface area (Å²) in [6, 6.07) is 5.40. The lowest BCUT2D eigenvalue weighted by molar-refractivity contribution is 0.0523. The number of tetrazole rings is 1. The van der Waals surface area contributed by atoms with Crippen molar-refractivity contribution in [3.8, 4) is 22.8 Å². The van der Waals surface area contributed by atoms with Gasteiger partial charge in [0.1, 0.15) is 29.2 Å². The van der Waals surface area contributed by atoms with Crippen LogP contribution in [0.5, 0.6) is 5.75 Å². The van der Waals surface area contributed by atoms with E-state index in [1.165, 1.54) is 49.3 Å². The highest BCUT2D eigenvalue weighted by atomic mass is 16.5. The SMILES string of the molecule is CCOC(=O)c1cnc(-c2ccc(OCC3CCCCC3)c(-n3cnnn3)c2)[nH]c1=O. The van der Waals surface area contributed by atoms with Crippen molar-refractivity contribution < 1.29 is 14.3 Å². The molecule has 1 aromatic carbocycles. The number of benzene rings is 1. The van der Waals surface area contributed by atoms with Gasteiger partial charge < -0.3 is 14.5 Å². The first-order chi connectivity index (χ1) is 15.2. The predicted molar refractivity (Wildman–Crippen MR) is 111 cm³/mol. The van der Waals surface area contributed by atoms with E-state index >= 15 is 0 Å². The molecule has 1 fully saturated rings. The van der Waals surface area contributed by atoms with Crippen LogP contribution in [0.25, 0.3) is 17.1 Å². The minimum Gasteiger partial charge on any atom is -0.491 e. The number of nitrogens with zero attached hydrogens (tertiary/aromatic N) is 5. The van der Waals surface area contributed by atoms with Crippen LogP contribution < -0.4 is 10.3 Å². The van der Waals surface area contributed by atoms with Crippen LogP contribution in [0.3, 0.4) is 0 Å². The first-order valence-corrected chi connectivity index (χ1v) is 10.4. The van der Waals surface area contributed by atoms with Crippen LogP contribution >= 0.6 is 0 Å². The van der Waals surface area contributed by atoms with Gasteiger partial charge in [-0.15, -0.1) is 5.10 Å². The van der Waals surface area contributed by atoms with E-state index < -0.39 is 11.5 Å². The van der Waals surface area contributed by atoms with Crippen LogP contribution in [0.1, 0.15) is 49.4 Å². The molecule has 0 atom stereocenters. The van der Waals surface area contributed by atoms with E-state index in [2.05, 4.69) is 25.5 Å². The first kappa shape index (κ1) is 20.7. The number of hydrogen-bond donors (Lipinski definition) is 1. The van der Waals surface area contributed by atoms with Crippen molar-refractivity contribution >= 4 is 5.97 Å². The largest absolute Gasteiger partial charge is 0.491 e. The zero-order valence-electron chi connectivity index (χ0n) is 17.3. The number of nitrogens with one attached hydrogen (secondary N) is 1. The molecule has 10 nitrogen and oxygen atoms in total. The molecule has 1 N–H and O–H groups in total. The third-order valence-electron chi connectivity index (χ3n) is 5.32. The number of aromatic amines is 1. The lowest BCUT2D eigenvalue weighted by Gasteiger charge is -2.22. The molecular formula is C21H24N6O4. The van der Waals surface area contributed by atoms with E-state index in [0.717, 1.165) is 0 Å². The summed E-state index contributed by atoms with van der Waals surface area (Å²) in [5.74, 6) is 0.797. The van der Waals surface area contributed by atoms with Crippen molar-refractivity contribution in [1.82, 2.24) is 30.2 Å². The Morgan fingerprint density at radius 1 is 1.26 bits per heavy atom. The number of ether oxygens (including phenoxy) is 2. The van der Waals surface area contributed by atoms with Gasteiger partial charge in [0.2, 0.25) is 0 Å². The number of aromatic nitrogens is 6. The second kappa shape index (κ2) is 9.50. The molecule has 2 heterocycles. The highest BCUT2D eigenvalue weighted by molar-refractivity contribution is 5.88. The van der Waals surface area contributed by atoms with E-state index in [9.17, 15) is 9.59 Å². The molecule has 0 aliphatic heterocycles. The van der Waals surface area contributed by atoms with Gasteiger partial charge in [-0.1, -0.05) is 19.3 Å². The molecule has 0 amide bonds. The molecule has 1 aliphatic rings. The summed E-state index contributed by atoms with van der Waals surface area (Å²) in [6.45, 7) is 2.49. The maximum Gasteiger partial charge on any atom is 0.345 e. The molecule has 1 aliphatic carbocycles. The standard InChI is InChI=1S/C21H24N6O4/c1-2-30-21(29)16-11-22-19(24-20(16)28)15-8-9-18(17(10-15)27-13-23-25-26-27)31-12-14-6-4-3-5-7-14/h8-11,13-14H,2-7,12H2,1H3,(H,22,24,28). The normalized spacial score (nSPS) is 14.4. The Morgan fingerprint density at radius 3 is 2.81 bits per heavy atom. The Kier molecular flexibility index (Phi) is 6.34. The summed E-state index contributed by atoms with van der Waals surface area (Å²) in [7, 11) is 0. The van der Waals surface area contributed by atoms with Crippen LogP contribution in [-0.4, -0.2) is 49.4 Å². The lowest BCUT2D eigenvalue weighted by Crippen LogP contribution is -2.21. The fraction of sp³-hybridized carbons (Fsp3) is 0.429. The van der Waals surface area contributed by atoms with Crippen molar-refractivity contribution in [3.05, 3.63) is 46.6 Å². The summed E-state index contributed by atoms with van der Waals surface area (Å²) < 4.78 is 12.5. The van der Waals surface area contributed by atoms with Crippen LogP contribution in [0, 0.1) is 5.92 Å². The van der Waals surface area contributed by atoms with Crippen LogP contribution in [-0.2, 0) is 4.74 Å². The maximum atomic E-state index is 12.3. The van der Waals surface area contributed by atoms with Gasteiger partial charge in [0, 0.05) is 11.8 Å². The minimum absolute atomic E-state index is 0.140. The highest BCUT2D eigenvalue weighted by Crippen LogP contribution is 2.30. The highest BCUT2D eigenvalue weighted by Gasteiger charge is 2.18. The van der Waals surface area contributed by atoms with Gasteiger partial charge >= 0.3 is 5.97 Å². The molecule has 162 valence electrons. The fourth-order valence-electron chi connectivity index (χ4n) is 3.69. The second-order valence-corrected chi connectivity index (χ2v) is 7.45. The quantitative estimate of drug-likeness (QED) is 0.574. The molecule has 10 heteroatoms. The van der Waals surface area contributed by atoms with Gasteiger partial charge in [-0.3, -0.25) is 4.79 Å². The maximum absolute atomic E-state index is 12.3. The van der Waals surface area contributed by atoms with E-state index in [1.807, 2.05) is 6.07 Å². The van der Waals surface area contributed by atoms with Gasteiger partial charge in [-0.05, 0) is 54.3 Å². The summed E-state index contributed by atoms with van der Waals surface area (Å²) in [4.78, 5) is 31.0. The molecule has 2 aromatic heterocycles. The van der Waals surface area contributed by atoms with Gasteiger partial charge in [-0.25, -0.2) is 9.78 Å². The Balaban J connectivity index is 1.62. The van der Waals surface area contributed by atoms with Gasteiger partial charge in [-0.2, -0.15) is 4.68 Å². The Bertz CT molecular complexity index is 1090. The minimum atomic E-state index is -0.705. The summed E-state index contributed by atoms with van der Waals surface area (Å²) >= 11 is 0. The summed E-state index contributed by atoms with van der Waals surface area (Å²) in [5.41, 5.74) is 0.558. The third kappa shape index (κ3) is 4.79. The number of hydrogen-bond acceptors (Lipinski definition) is 8. The van der Waals surface area contributed by atoms with Gasteiger partial charge in [0.05, 0.1) is 13.2 Å². The second-order valence-electron chi connectivity index (χ2n) is 7.45. The monoisotopic (exact) mass is 424 g/mol. The smallest absolute Gasteiger partial charge is 0.345 e. The van der Waals surface area contributed by atoms with Crippen molar-refractivity contribution in [3.63, 3.8) is 0 Å². The van der Waals surface area contributed by atoms with Crippen molar-refractivity contribution in [1.29, 1.82) is 0 Å². The average Bonchev–Trinajstić information content (AvgIpc) is 3.33. The van der Waals surface area contributed by atoms with Gasteiger partial charge in [0.25, 0.3) is 5.56 Å². The number of rotatable bonds is 7. The third-order valence-corrected chi connectivity index (χ3v) is 5.32. The predicted octanol–water partition coefficient (Wildman–Crippen LogP) is 2.55. The topological polar surface area (TPSA) is 125 Å². The molecule has 0 bridgehead atoms. The average molecular weight is 424 g/mol. The molecule has 0 unspecified atom stereocenters. The molecule has 31 heavy (non-hydrogen) atoms. The summed E-state index contributed by atoms with van der Waals surface area (Å²) in [6.07, 6.45) is 8.83. The number of carbonyl (C=O) groups is 1. The van der Waals surface area contributed by atoms with Crippen molar-refractivity contribution in [2.75, 3.05) is 13.2 Å². The molecule has 0 radical (unpaired) electrons. The Labute approximate surface area is 178 Å². The molecule has 0 spiro atoms. The number of H-pyrrole nitrogens is 1. The zero-order valence-corrected chi connectivity index (χ0v) is 17.3. The van der Waals surface area contributed by atoms with E-state index in [0.29, 0.717) is 35.3 Å². The Hall–Kier alpha value is -3.56. The van der Waals surface area contributed by atoms with Crippen LogP contribution in [0.15, 0.2) is 35.5 Å². The zero-order chi connectivity index (χ0) is 21.6. The first-order valence-electron chi connectivity index (χ1n) is 10.4. The van der Waals surface area contributed by atoms with E-state index in [-0.39, 0.29) is 12.2 Å². The Morgan fingerprint density at radius 2 is 2.10 bits per heavy atom. The molecule has 4 rings (SSSR count). The van der Waals surface area contributed by atoms with Crippen LogP contribution in [0.2, 0.25) is 0 Å². The molecule has 0 saturated heterocycles. The van der Waals surface area contributed by atoms with Crippen LogP contribution in [0.4, 0.5) is 0 Å². The van der Waals surface area contributed by atoms with E-state index in [1.54, 1.807) is 19.1 Å². The van der Waals surface area contributed by atoms with Gasteiger partial charge in [0.15, 0.2) is 0 Å². The number of esters is 1. The summed E-state index contributed by atoms with van der Waals surface area (Å²) in [5, 5.41) is 11.4. The van der Waals surface area contributed by atoms with Crippen molar-refractivity contribution in [2.24, 2.45) is 5.92 Å². The fourth-order valence-corrected chi connectivity index (χ4v) is 3.69. The molecule has 3 aromatic rings. The molecule has 1 saturated carbocycles. The number of carbonyl (C=O) groups excluding carboxylic acids is 1.